The molecule has 1 aromatic rings. The zero-order chi connectivity index (χ0) is 17.6. The van der Waals surface area contributed by atoms with Crippen molar-refractivity contribution in [2.45, 2.75) is 13.0 Å². The minimum absolute atomic E-state index is 0.184. The summed E-state index contributed by atoms with van der Waals surface area (Å²) in [6.07, 6.45) is 0. The monoisotopic (exact) mass is 324 g/mol. The highest BCUT2D eigenvalue weighted by molar-refractivity contribution is 5.97. The highest BCUT2D eigenvalue weighted by atomic mass is 16.5. The number of benzene rings is 1. The largest absolute Gasteiger partial charge is 0.493 e. The molecule has 23 heavy (non-hydrogen) atoms. The third kappa shape index (κ3) is 4.60. The van der Waals surface area contributed by atoms with Crippen molar-refractivity contribution in [3.05, 3.63) is 23.8 Å². The van der Waals surface area contributed by atoms with Crippen LogP contribution >= 0.6 is 0 Å². The zero-order valence-electron chi connectivity index (χ0n) is 13.5. The highest BCUT2D eigenvalue weighted by Crippen LogP contribution is 2.28. The van der Waals surface area contributed by atoms with Gasteiger partial charge in [0.1, 0.15) is 6.04 Å². The standard InChI is InChI=1S/C15H20N2O6/c1-9(15(20)21)17(3)14(19)10-5-6-11(12(7-10)22-4)23-8-13(18)16-2/h5-7,9H,8H2,1-4H3,(H,16,18)(H,20,21). The third-order valence-corrected chi connectivity index (χ3v) is 3.31. The molecule has 1 unspecified atom stereocenters. The number of aliphatic carboxylic acids is 1. The Bertz CT molecular complexity index is 602. The fourth-order valence-electron chi connectivity index (χ4n) is 1.68. The van der Waals surface area contributed by atoms with Crippen molar-refractivity contribution in [2.24, 2.45) is 0 Å². The molecule has 0 saturated heterocycles. The number of methoxy groups -OCH3 is 1. The van der Waals surface area contributed by atoms with Crippen LogP contribution in [0.15, 0.2) is 18.2 Å². The predicted octanol–water partition coefficient (Wildman–Crippen LogP) is 0.365. The first kappa shape index (κ1) is 18.3. The highest BCUT2D eigenvalue weighted by Gasteiger charge is 2.23. The van der Waals surface area contributed by atoms with E-state index in [1.54, 1.807) is 0 Å². The van der Waals surface area contributed by atoms with E-state index < -0.39 is 17.9 Å². The quantitative estimate of drug-likeness (QED) is 0.750. The van der Waals surface area contributed by atoms with Gasteiger partial charge >= 0.3 is 5.97 Å². The summed E-state index contributed by atoms with van der Waals surface area (Å²) in [5.74, 6) is -1.28. The summed E-state index contributed by atoms with van der Waals surface area (Å²) in [6.45, 7) is 1.23. The summed E-state index contributed by atoms with van der Waals surface area (Å²) in [7, 11) is 4.30. The first-order chi connectivity index (χ1) is 10.8. The summed E-state index contributed by atoms with van der Waals surface area (Å²) in [5, 5.41) is 11.4. The number of carboxylic acids is 1. The molecule has 2 N–H and O–H groups in total. The van der Waals surface area contributed by atoms with Crippen molar-refractivity contribution in [3.63, 3.8) is 0 Å². The van der Waals surface area contributed by atoms with Crippen molar-refractivity contribution in [1.82, 2.24) is 10.2 Å². The van der Waals surface area contributed by atoms with Crippen molar-refractivity contribution in [1.29, 1.82) is 0 Å². The Kier molecular flexibility index (Phi) is 6.37. The fraction of sp³-hybridized carbons (Fsp3) is 0.400. The minimum Gasteiger partial charge on any atom is -0.493 e. The van der Waals surface area contributed by atoms with Crippen LogP contribution in [-0.2, 0) is 9.59 Å². The van der Waals surface area contributed by atoms with Crippen LogP contribution in [-0.4, -0.2) is 61.6 Å². The van der Waals surface area contributed by atoms with Crippen LogP contribution < -0.4 is 14.8 Å². The number of carboxylic acid groups (broad SMARTS) is 1. The van der Waals surface area contributed by atoms with Gasteiger partial charge in [0.15, 0.2) is 18.1 Å². The molecule has 0 saturated carbocycles. The van der Waals surface area contributed by atoms with Gasteiger partial charge < -0.3 is 24.8 Å². The number of nitrogens with zero attached hydrogens (tertiary/aromatic N) is 1. The van der Waals surface area contributed by atoms with E-state index in [1.807, 2.05) is 0 Å². The first-order valence-corrected chi connectivity index (χ1v) is 6.83. The maximum atomic E-state index is 12.3. The molecule has 1 rings (SSSR count). The summed E-state index contributed by atoms with van der Waals surface area (Å²) < 4.78 is 10.5. The van der Waals surface area contributed by atoms with Crippen LogP contribution in [0.2, 0.25) is 0 Å². The van der Waals surface area contributed by atoms with E-state index in [1.165, 1.54) is 46.3 Å². The van der Waals surface area contributed by atoms with Crippen LogP contribution in [0.3, 0.4) is 0 Å². The summed E-state index contributed by atoms with van der Waals surface area (Å²) in [5.41, 5.74) is 0.254. The Morgan fingerprint density at radius 3 is 2.48 bits per heavy atom. The topological polar surface area (TPSA) is 105 Å². The Morgan fingerprint density at radius 1 is 1.30 bits per heavy atom. The molecule has 0 radical (unpaired) electrons. The van der Waals surface area contributed by atoms with Crippen molar-refractivity contribution >= 4 is 17.8 Å². The molecule has 0 aromatic heterocycles. The fourth-order valence-corrected chi connectivity index (χ4v) is 1.68. The zero-order valence-corrected chi connectivity index (χ0v) is 13.5. The van der Waals surface area contributed by atoms with E-state index in [4.69, 9.17) is 14.6 Å². The molecule has 0 fully saturated rings. The molecule has 0 aliphatic heterocycles. The normalized spacial score (nSPS) is 11.3. The molecule has 126 valence electrons. The van der Waals surface area contributed by atoms with Crippen LogP contribution in [0, 0.1) is 0 Å². The van der Waals surface area contributed by atoms with Crippen LogP contribution in [0.25, 0.3) is 0 Å². The van der Waals surface area contributed by atoms with Crippen molar-refractivity contribution in [3.8, 4) is 11.5 Å². The van der Waals surface area contributed by atoms with E-state index in [2.05, 4.69) is 5.32 Å². The lowest BCUT2D eigenvalue weighted by Crippen LogP contribution is -2.40. The Labute approximate surface area is 134 Å². The molecular weight excluding hydrogens is 304 g/mol. The maximum absolute atomic E-state index is 12.3. The number of ether oxygens (including phenoxy) is 2. The van der Waals surface area contributed by atoms with Gasteiger partial charge in [0, 0.05) is 19.7 Å². The lowest BCUT2D eigenvalue weighted by atomic mass is 10.1. The minimum atomic E-state index is -1.10. The Balaban J connectivity index is 2.96. The van der Waals surface area contributed by atoms with Crippen molar-refractivity contribution in [2.75, 3.05) is 27.8 Å². The molecule has 8 nitrogen and oxygen atoms in total. The van der Waals surface area contributed by atoms with Gasteiger partial charge in [-0.2, -0.15) is 0 Å². The van der Waals surface area contributed by atoms with E-state index in [0.29, 0.717) is 5.75 Å². The SMILES string of the molecule is CNC(=O)COc1ccc(C(=O)N(C)C(C)C(=O)O)cc1OC. The molecule has 1 aromatic carbocycles. The maximum Gasteiger partial charge on any atom is 0.326 e. The molecule has 0 spiro atoms. The van der Waals surface area contributed by atoms with Crippen LogP contribution in [0.4, 0.5) is 0 Å². The lowest BCUT2D eigenvalue weighted by Gasteiger charge is -2.22. The number of carbonyl (C=O) groups is 3. The number of hydrogen-bond donors (Lipinski definition) is 2. The lowest BCUT2D eigenvalue weighted by molar-refractivity contribution is -0.141. The van der Waals surface area contributed by atoms with Gasteiger partial charge in [-0.1, -0.05) is 0 Å². The number of nitrogens with one attached hydrogen (secondary N) is 1. The molecular formula is C15H20N2O6. The summed E-state index contributed by atoms with van der Waals surface area (Å²) in [4.78, 5) is 35.5. The van der Waals surface area contributed by atoms with Gasteiger partial charge in [0.2, 0.25) is 0 Å². The van der Waals surface area contributed by atoms with E-state index in [0.717, 1.165) is 4.90 Å². The van der Waals surface area contributed by atoms with Gasteiger partial charge in [-0.15, -0.1) is 0 Å². The number of carbonyl (C=O) groups excluding carboxylic acids is 2. The van der Waals surface area contributed by atoms with Crippen molar-refractivity contribution < 1.29 is 29.0 Å². The number of hydrogen-bond acceptors (Lipinski definition) is 5. The molecule has 0 aliphatic rings. The van der Waals surface area contributed by atoms with Gasteiger partial charge in [0.25, 0.3) is 11.8 Å². The summed E-state index contributed by atoms with van der Waals surface area (Å²) >= 11 is 0. The molecule has 0 bridgehead atoms. The van der Waals surface area contributed by atoms with E-state index >= 15 is 0 Å². The molecule has 1 atom stereocenters. The molecule has 0 aliphatic carbocycles. The number of likely N-dealkylation sites (N-methyl/N-ethyl adjacent to an activating group) is 2. The molecule has 0 heterocycles. The van der Waals surface area contributed by atoms with E-state index in [9.17, 15) is 14.4 Å². The van der Waals surface area contributed by atoms with Crippen LogP contribution in [0.5, 0.6) is 11.5 Å². The second-order valence-corrected chi connectivity index (χ2v) is 4.76. The van der Waals surface area contributed by atoms with Gasteiger partial charge in [0.05, 0.1) is 7.11 Å². The molecule has 8 heteroatoms. The smallest absolute Gasteiger partial charge is 0.326 e. The Morgan fingerprint density at radius 2 is 1.96 bits per heavy atom. The van der Waals surface area contributed by atoms with Gasteiger partial charge in [-0.3, -0.25) is 9.59 Å². The summed E-state index contributed by atoms with van der Waals surface area (Å²) in [6, 6.07) is 3.45. The average Bonchev–Trinajstić information content (AvgIpc) is 2.57. The van der Waals surface area contributed by atoms with Gasteiger partial charge in [-0.25, -0.2) is 4.79 Å². The first-order valence-electron chi connectivity index (χ1n) is 6.83. The van der Waals surface area contributed by atoms with Gasteiger partial charge in [-0.05, 0) is 25.1 Å². The second-order valence-electron chi connectivity index (χ2n) is 4.76. The molecule has 2 amide bonds. The third-order valence-electron chi connectivity index (χ3n) is 3.31. The Hall–Kier alpha value is -2.77. The predicted molar refractivity (Wildman–Crippen MR) is 81.7 cm³/mol. The number of rotatable bonds is 7. The second kappa shape index (κ2) is 8.02. The number of amides is 2. The van der Waals surface area contributed by atoms with Crippen LogP contribution in [0.1, 0.15) is 17.3 Å². The van der Waals surface area contributed by atoms with E-state index in [-0.39, 0.29) is 23.8 Å². The average molecular weight is 324 g/mol.